The predicted octanol–water partition coefficient (Wildman–Crippen LogP) is 1.66. The monoisotopic (exact) mass is 262 g/mol. The summed E-state index contributed by atoms with van der Waals surface area (Å²) in [5.41, 5.74) is 1.80. The van der Waals surface area contributed by atoms with Crippen molar-refractivity contribution in [2.75, 3.05) is 26.7 Å². The fourth-order valence-corrected chi connectivity index (χ4v) is 2.36. The molecule has 0 amide bonds. The average molecular weight is 262 g/mol. The molecule has 0 unspecified atom stereocenters. The van der Waals surface area contributed by atoms with Gasteiger partial charge < -0.3 is 10.1 Å². The van der Waals surface area contributed by atoms with Gasteiger partial charge >= 0.3 is 5.97 Å². The quantitative estimate of drug-likeness (QED) is 0.792. The van der Waals surface area contributed by atoms with Gasteiger partial charge in [-0.25, -0.2) is 4.79 Å². The summed E-state index contributed by atoms with van der Waals surface area (Å²) in [6, 6.07) is 8.35. The van der Waals surface area contributed by atoms with Crippen LogP contribution in [0.5, 0.6) is 0 Å². The van der Waals surface area contributed by atoms with Gasteiger partial charge in [0.15, 0.2) is 0 Å². The summed E-state index contributed by atoms with van der Waals surface area (Å²) < 4.78 is 4.76. The molecule has 2 rings (SSSR count). The van der Waals surface area contributed by atoms with Gasteiger partial charge in [-0.1, -0.05) is 19.1 Å². The maximum absolute atomic E-state index is 11.5. The number of carbonyl (C=O) groups is 1. The number of hydrogen-bond donors (Lipinski definition) is 1. The molecule has 1 aromatic carbocycles. The van der Waals surface area contributed by atoms with Gasteiger partial charge in [0.2, 0.25) is 0 Å². The Labute approximate surface area is 114 Å². The van der Waals surface area contributed by atoms with Crippen molar-refractivity contribution < 1.29 is 9.53 Å². The standard InChI is InChI=1S/C15H22N2O2/c1-3-7-17(14-9-16-10-14)11-12-5-4-6-13(8-12)15(18)19-2/h4-6,8,14,16H,3,7,9-11H2,1-2H3. The molecule has 1 heterocycles. The van der Waals surface area contributed by atoms with Gasteiger partial charge in [-0.05, 0) is 30.7 Å². The van der Waals surface area contributed by atoms with Crippen molar-refractivity contribution in [2.45, 2.75) is 25.9 Å². The number of esters is 1. The minimum Gasteiger partial charge on any atom is -0.465 e. The van der Waals surface area contributed by atoms with Crippen LogP contribution in [0.1, 0.15) is 29.3 Å². The van der Waals surface area contributed by atoms with Crippen molar-refractivity contribution in [3.8, 4) is 0 Å². The lowest BCUT2D eigenvalue weighted by atomic mass is 10.1. The molecule has 4 heteroatoms. The van der Waals surface area contributed by atoms with Gasteiger partial charge in [0.1, 0.15) is 0 Å². The second kappa shape index (κ2) is 6.68. The fourth-order valence-electron chi connectivity index (χ4n) is 2.36. The van der Waals surface area contributed by atoms with Gasteiger partial charge in [-0.2, -0.15) is 0 Å². The minimum absolute atomic E-state index is 0.269. The molecule has 19 heavy (non-hydrogen) atoms. The number of hydrogen-bond acceptors (Lipinski definition) is 4. The lowest BCUT2D eigenvalue weighted by molar-refractivity contribution is 0.0600. The molecule has 1 aromatic rings. The zero-order valence-electron chi connectivity index (χ0n) is 11.7. The third kappa shape index (κ3) is 3.55. The predicted molar refractivity (Wildman–Crippen MR) is 75.1 cm³/mol. The minimum atomic E-state index is -0.269. The van der Waals surface area contributed by atoms with E-state index in [1.54, 1.807) is 6.07 Å². The number of methoxy groups -OCH3 is 1. The number of rotatable bonds is 6. The van der Waals surface area contributed by atoms with Crippen LogP contribution in [0.4, 0.5) is 0 Å². The van der Waals surface area contributed by atoms with Crippen LogP contribution >= 0.6 is 0 Å². The molecule has 1 N–H and O–H groups in total. The van der Waals surface area contributed by atoms with Gasteiger partial charge in [-0.3, -0.25) is 4.90 Å². The van der Waals surface area contributed by atoms with Gasteiger partial charge in [0.25, 0.3) is 0 Å². The van der Waals surface area contributed by atoms with E-state index in [-0.39, 0.29) is 5.97 Å². The first-order valence-corrected chi connectivity index (χ1v) is 6.86. The summed E-state index contributed by atoms with van der Waals surface area (Å²) >= 11 is 0. The topological polar surface area (TPSA) is 41.6 Å². The molecule has 1 fully saturated rings. The first-order valence-electron chi connectivity index (χ1n) is 6.86. The number of ether oxygens (including phenoxy) is 1. The molecule has 0 aromatic heterocycles. The van der Waals surface area contributed by atoms with E-state index in [1.165, 1.54) is 12.7 Å². The van der Waals surface area contributed by atoms with Crippen molar-refractivity contribution in [2.24, 2.45) is 0 Å². The highest BCUT2D eigenvalue weighted by atomic mass is 16.5. The summed E-state index contributed by atoms with van der Waals surface area (Å²) in [6.45, 7) is 6.32. The molecule has 0 spiro atoms. The van der Waals surface area contributed by atoms with Crippen LogP contribution in [0.25, 0.3) is 0 Å². The molecule has 1 saturated heterocycles. The van der Waals surface area contributed by atoms with Crippen molar-refractivity contribution >= 4 is 5.97 Å². The van der Waals surface area contributed by atoms with Crippen LogP contribution in [-0.4, -0.2) is 43.7 Å². The van der Waals surface area contributed by atoms with E-state index < -0.39 is 0 Å². The van der Waals surface area contributed by atoms with Gasteiger partial charge in [-0.15, -0.1) is 0 Å². The van der Waals surface area contributed by atoms with Gasteiger partial charge in [0.05, 0.1) is 12.7 Å². The lowest BCUT2D eigenvalue weighted by Crippen LogP contribution is -2.56. The third-order valence-corrected chi connectivity index (χ3v) is 3.52. The second-order valence-electron chi connectivity index (χ2n) is 4.97. The van der Waals surface area contributed by atoms with Crippen LogP contribution in [-0.2, 0) is 11.3 Å². The molecule has 0 saturated carbocycles. The zero-order chi connectivity index (χ0) is 13.7. The molecule has 0 bridgehead atoms. The summed E-state index contributed by atoms with van der Waals surface area (Å²) in [7, 11) is 1.42. The summed E-state index contributed by atoms with van der Waals surface area (Å²) in [5, 5.41) is 3.31. The van der Waals surface area contributed by atoms with E-state index in [2.05, 4.69) is 23.2 Å². The van der Waals surface area contributed by atoms with Crippen LogP contribution in [0.3, 0.4) is 0 Å². The van der Waals surface area contributed by atoms with Crippen molar-refractivity contribution in [3.05, 3.63) is 35.4 Å². The van der Waals surface area contributed by atoms with Crippen molar-refractivity contribution in [3.63, 3.8) is 0 Å². The maximum Gasteiger partial charge on any atom is 0.337 e. The maximum atomic E-state index is 11.5. The SMILES string of the molecule is CCCN(Cc1cccc(C(=O)OC)c1)C1CNC1. The molecular weight excluding hydrogens is 240 g/mol. The highest BCUT2D eigenvalue weighted by Crippen LogP contribution is 2.14. The molecule has 104 valence electrons. The van der Waals surface area contributed by atoms with E-state index >= 15 is 0 Å². The second-order valence-corrected chi connectivity index (χ2v) is 4.97. The van der Waals surface area contributed by atoms with Crippen molar-refractivity contribution in [1.82, 2.24) is 10.2 Å². The van der Waals surface area contributed by atoms with Crippen LogP contribution in [0, 0.1) is 0 Å². The fraction of sp³-hybridized carbons (Fsp3) is 0.533. The largest absolute Gasteiger partial charge is 0.465 e. The molecule has 0 aliphatic carbocycles. The van der Waals surface area contributed by atoms with E-state index in [9.17, 15) is 4.79 Å². The van der Waals surface area contributed by atoms with Crippen LogP contribution in [0.15, 0.2) is 24.3 Å². The van der Waals surface area contributed by atoms with Crippen molar-refractivity contribution in [1.29, 1.82) is 0 Å². The lowest BCUT2D eigenvalue weighted by Gasteiger charge is -2.38. The Kier molecular flexibility index (Phi) is 4.93. The van der Waals surface area contributed by atoms with E-state index in [0.717, 1.165) is 32.6 Å². The van der Waals surface area contributed by atoms with Crippen LogP contribution < -0.4 is 5.32 Å². The van der Waals surface area contributed by atoms with E-state index in [1.807, 2.05) is 12.1 Å². The molecule has 1 aliphatic heterocycles. The summed E-state index contributed by atoms with van der Waals surface area (Å²) in [6.07, 6.45) is 1.15. The highest BCUT2D eigenvalue weighted by molar-refractivity contribution is 5.89. The van der Waals surface area contributed by atoms with Gasteiger partial charge in [0, 0.05) is 25.7 Å². The number of nitrogens with one attached hydrogen (secondary N) is 1. The number of benzene rings is 1. The molecule has 1 aliphatic rings. The number of nitrogens with zero attached hydrogens (tertiary/aromatic N) is 1. The average Bonchev–Trinajstić information content (AvgIpc) is 2.36. The first-order chi connectivity index (χ1) is 9.24. The van der Waals surface area contributed by atoms with E-state index in [0.29, 0.717) is 11.6 Å². The Morgan fingerprint density at radius 2 is 2.26 bits per heavy atom. The van der Waals surface area contributed by atoms with E-state index in [4.69, 9.17) is 4.74 Å². The molecular formula is C15H22N2O2. The highest BCUT2D eigenvalue weighted by Gasteiger charge is 2.23. The molecule has 0 radical (unpaired) electrons. The molecule has 0 atom stereocenters. The Morgan fingerprint density at radius 1 is 1.47 bits per heavy atom. The Morgan fingerprint density at radius 3 is 2.84 bits per heavy atom. The summed E-state index contributed by atoms with van der Waals surface area (Å²) in [5.74, 6) is -0.269. The Bertz CT molecular complexity index is 430. The summed E-state index contributed by atoms with van der Waals surface area (Å²) in [4.78, 5) is 14.0. The normalized spacial score (nSPS) is 15.3. The Balaban J connectivity index is 2.05. The first kappa shape index (κ1) is 14.0. The third-order valence-electron chi connectivity index (χ3n) is 3.52. The Hall–Kier alpha value is -1.39. The van der Waals surface area contributed by atoms with Crippen LogP contribution in [0.2, 0.25) is 0 Å². The smallest absolute Gasteiger partial charge is 0.337 e. The number of carbonyl (C=O) groups excluding carboxylic acids is 1. The zero-order valence-corrected chi connectivity index (χ0v) is 11.7. The molecule has 4 nitrogen and oxygen atoms in total.